The smallest absolute Gasteiger partial charge is 0.0572 e. The summed E-state index contributed by atoms with van der Waals surface area (Å²) in [5.74, 6) is 1.81. The molecule has 0 bridgehead atoms. The Morgan fingerprint density at radius 1 is 1.12 bits per heavy atom. The van der Waals surface area contributed by atoms with Crippen LogP contribution in [-0.4, -0.2) is 37.2 Å². The third kappa shape index (κ3) is 12.1. The quantitative estimate of drug-likeness (QED) is 0.274. The van der Waals surface area contributed by atoms with Gasteiger partial charge in [0.05, 0.1) is 7.11 Å². The van der Waals surface area contributed by atoms with Crippen molar-refractivity contribution in [3.8, 4) is 0 Å². The lowest BCUT2D eigenvalue weighted by Crippen LogP contribution is -2.32. The molecule has 6 nitrogen and oxygen atoms in total. The van der Waals surface area contributed by atoms with Gasteiger partial charge in [0.2, 0.25) is 0 Å². The van der Waals surface area contributed by atoms with Crippen molar-refractivity contribution in [2.24, 2.45) is 16.3 Å². The van der Waals surface area contributed by atoms with Gasteiger partial charge in [-0.15, -0.1) is 0 Å². The molecule has 2 heterocycles. The highest BCUT2D eigenvalue weighted by molar-refractivity contribution is 6.11. The number of aliphatic imine (C=N–C) groups is 1. The highest BCUT2D eigenvalue weighted by Crippen LogP contribution is 2.46. The van der Waals surface area contributed by atoms with E-state index in [1.165, 1.54) is 39.8 Å². The van der Waals surface area contributed by atoms with Gasteiger partial charge in [0.1, 0.15) is 0 Å². The summed E-state index contributed by atoms with van der Waals surface area (Å²) in [5.41, 5.74) is 13.4. The first-order valence-corrected chi connectivity index (χ1v) is 14.0. The van der Waals surface area contributed by atoms with E-state index in [1.807, 2.05) is 27.0 Å². The summed E-state index contributed by atoms with van der Waals surface area (Å²) in [6.07, 6.45) is 6.86. The third-order valence-electron chi connectivity index (χ3n) is 7.05. The molecule has 1 aliphatic carbocycles. The van der Waals surface area contributed by atoms with Gasteiger partial charge in [-0.3, -0.25) is 9.70 Å². The highest BCUT2D eigenvalue weighted by Gasteiger charge is 2.33. The van der Waals surface area contributed by atoms with E-state index in [0.717, 1.165) is 44.4 Å². The van der Waals surface area contributed by atoms with Gasteiger partial charge in [0, 0.05) is 48.8 Å². The summed E-state index contributed by atoms with van der Waals surface area (Å²) in [7, 11) is 1.66. The summed E-state index contributed by atoms with van der Waals surface area (Å²) < 4.78 is 16.0. The molecule has 0 spiro atoms. The van der Waals surface area contributed by atoms with Crippen molar-refractivity contribution in [2.45, 2.75) is 78.9 Å². The largest absolute Gasteiger partial charge is 0.316 e. The number of nitrogens with one attached hydrogen (secondary N) is 3. The van der Waals surface area contributed by atoms with Crippen LogP contribution in [0, 0.1) is 11.3 Å². The predicted octanol–water partition coefficient (Wildman–Crippen LogP) is 7.54. The Balaban J connectivity index is 0. The number of dihydropyridines is 1. The third-order valence-corrected chi connectivity index (χ3v) is 7.05. The van der Waals surface area contributed by atoms with Gasteiger partial charge in [0.15, 0.2) is 0 Å². The van der Waals surface area contributed by atoms with Crippen molar-refractivity contribution in [1.82, 2.24) is 16.3 Å². The second kappa shape index (κ2) is 17.4. The van der Waals surface area contributed by atoms with Crippen molar-refractivity contribution in [3.63, 3.8) is 0 Å². The monoisotopic (exact) mass is 582 g/mol. The molecule has 2 aliphatic heterocycles. The van der Waals surface area contributed by atoms with Crippen LogP contribution >= 0.6 is 0 Å². The normalized spacial score (nSPS) is 19.8. The van der Waals surface area contributed by atoms with Gasteiger partial charge in [-0.2, -0.15) is 5.48 Å². The second-order valence-corrected chi connectivity index (χ2v) is 12.3. The molecule has 1 saturated carbocycles. The zero-order valence-corrected chi connectivity index (χ0v) is 25.6. The van der Waals surface area contributed by atoms with Gasteiger partial charge >= 0.3 is 0 Å². The van der Waals surface area contributed by atoms with E-state index < -0.39 is 0 Å². The topological polar surface area (TPSA) is 77.9 Å². The molecular formula is C32H53F3N4O2. The average molecular weight is 583 g/mol. The molecule has 9 heteroatoms. The molecule has 2 atom stereocenters. The first-order valence-electron chi connectivity index (χ1n) is 14.0. The Kier molecular flexibility index (Phi) is 15.5. The lowest BCUT2D eigenvalue weighted by atomic mass is 9.83. The van der Waals surface area contributed by atoms with Gasteiger partial charge < -0.3 is 15.4 Å². The highest BCUT2D eigenvalue weighted by atomic mass is 20.0. The Hall–Kier alpha value is -2.56. The van der Waals surface area contributed by atoms with E-state index in [4.69, 9.17) is 19.2 Å². The van der Waals surface area contributed by atoms with Crippen LogP contribution in [0.15, 0.2) is 53.5 Å². The molecule has 1 fully saturated rings. The van der Waals surface area contributed by atoms with Gasteiger partial charge in [-0.25, -0.2) is 5.48 Å². The lowest BCUT2D eigenvalue weighted by Gasteiger charge is -2.27. The van der Waals surface area contributed by atoms with Crippen LogP contribution in [0.4, 0.5) is 13.9 Å². The van der Waals surface area contributed by atoms with Gasteiger partial charge in [0.25, 0.3) is 0 Å². The minimum Gasteiger partial charge on any atom is -0.316 e. The first kappa shape index (κ1) is 36.5. The lowest BCUT2D eigenvalue weighted by molar-refractivity contribution is 0.0864. The summed E-state index contributed by atoms with van der Waals surface area (Å²) in [6, 6.07) is 15.2. The maximum absolute atomic E-state index is 8.15. The summed E-state index contributed by atoms with van der Waals surface area (Å²) in [6.45, 7) is 16.0. The molecule has 4 N–H and O–H groups in total. The van der Waals surface area contributed by atoms with Gasteiger partial charge in [-0.05, 0) is 85.4 Å². The number of allylic oxidation sites excluding steroid dienone is 1. The zero-order valence-electron chi connectivity index (χ0n) is 25.6. The molecule has 2 aromatic carbocycles. The van der Waals surface area contributed by atoms with E-state index in [-0.39, 0.29) is 18.5 Å². The van der Waals surface area contributed by atoms with Crippen molar-refractivity contribution < 1.29 is 26.8 Å². The summed E-state index contributed by atoms with van der Waals surface area (Å²) in [4.78, 5) is 9.58. The number of benzene rings is 2. The van der Waals surface area contributed by atoms with E-state index in [2.05, 4.69) is 90.6 Å². The fourth-order valence-electron chi connectivity index (χ4n) is 4.78. The molecule has 3 aliphatic rings. The van der Waals surface area contributed by atoms with Crippen LogP contribution in [0.1, 0.15) is 84.6 Å². The van der Waals surface area contributed by atoms with E-state index in [0.29, 0.717) is 0 Å². The number of nitrogens with zero attached hydrogens (tertiary/aromatic N) is 1. The predicted molar refractivity (Wildman–Crippen MR) is 167 cm³/mol. The summed E-state index contributed by atoms with van der Waals surface area (Å²) >= 11 is 0. The minimum absolute atomic E-state index is 0. The van der Waals surface area contributed by atoms with Crippen LogP contribution < -0.4 is 16.3 Å². The number of fused-ring (bicyclic) bond motifs is 1. The van der Waals surface area contributed by atoms with Crippen LogP contribution in [0.5, 0.6) is 0 Å². The van der Waals surface area contributed by atoms with E-state index in [9.17, 15) is 0 Å². The Morgan fingerprint density at radius 3 is 2.29 bits per heavy atom. The average Bonchev–Trinajstić information content (AvgIpc) is 3.69. The molecule has 234 valence electrons. The number of halogens is 3. The molecule has 0 amide bonds. The molecule has 0 aromatic heterocycles. The SMILES string of the molecule is CC(C)(C)NO.CC1C[C@H]1c1ccccc1.CONCc1ccc(C2=CC(C)(C)CN=C2)c2c1CNCC2.F.FF.[HH].[HH]. The first-order chi connectivity index (χ1) is 19.0. The Morgan fingerprint density at radius 2 is 1.76 bits per heavy atom. The molecule has 0 radical (unpaired) electrons. The van der Waals surface area contributed by atoms with Crippen molar-refractivity contribution in [3.05, 3.63) is 76.4 Å². The fraction of sp³-hybridized carbons (Fsp3) is 0.531. The number of hydroxylamine groups is 2. The maximum Gasteiger partial charge on any atom is 0.0572 e. The second-order valence-electron chi connectivity index (χ2n) is 12.3. The molecule has 0 saturated heterocycles. The van der Waals surface area contributed by atoms with E-state index >= 15 is 0 Å². The van der Waals surface area contributed by atoms with Crippen LogP contribution in [-0.2, 0) is 24.3 Å². The molecule has 2 aromatic rings. The van der Waals surface area contributed by atoms with Gasteiger partial charge in [-0.1, -0.05) is 69.3 Å². The maximum atomic E-state index is 8.15. The number of hydrogen-bond donors (Lipinski definition) is 4. The number of hydrogen-bond acceptors (Lipinski definition) is 6. The van der Waals surface area contributed by atoms with E-state index in [1.54, 1.807) is 7.11 Å². The minimum atomic E-state index is -0.153. The van der Waals surface area contributed by atoms with Crippen molar-refractivity contribution in [1.29, 1.82) is 0 Å². The van der Waals surface area contributed by atoms with Crippen LogP contribution in [0.25, 0.3) is 5.57 Å². The van der Waals surface area contributed by atoms with Crippen LogP contribution in [0.3, 0.4) is 0 Å². The van der Waals surface area contributed by atoms with Crippen LogP contribution in [0.2, 0.25) is 0 Å². The number of rotatable bonds is 5. The zero-order chi connectivity index (χ0) is 29.8. The molecule has 5 rings (SSSR count). The molecule has 1 unspecified atom stereocenters. The van der Waals surface area contributed by atoms with Crippen molar-refractivity contribution in [2.75, 3.05) is 20.2 Å². The fourth-order valence-corrected chi connectivity index (χ4v) is 4.78. The molecular weight excluding hydrogens is 529 g/mol. The standard InChI is InChI=1S/C18H25N3O.C10H12.C4H11NO.F2.FH.2H2/c1-18(2)8-14(9-20-12-18)15-5-4-13(10-21-22-3)17-11-19-7-6-16(15)17;1-8-7-10(8)9-5-3-2-4-6-9;1-4(2,3)5-6;1-2;;;/h4-5,8-9,19,21H,6-7,10-12H2,1-3H3;2-6,8,10H,7H2,1H3;5-6H,1-3H3;;3*1H/t;8?,10-;;;;;/m.1...../s1. The van der Waals surface area contributed by atoms with Crippen molar-refractivity contribution >= 4 is 11.8 Å². The Bertz CT molecular complexity index is 1110. The molecule has 41 heavy (non-hydrogen) atoms. The summed E-state index contributed by atoms with van der Waals surface area (Å²) in [5, 5.41) is 11.6. The Labute approximate surface area is 246 Å².